The van der Waals surface area contributed by atoms with Crippen molar-refractivity contribution >= 4 is 27.8 Å². The second kappa shape index (κ2) is 2.16. The molecule has 0 saturated carbocycles. The minimum Gasteiger partial charge on any atom is -0.487 e. The van der Waals surface area contributed by atoms with Crippen molar-refractivity contribution in [2.24, 2.45) is 0 Å². The molecule has 0 aromatic rings. The molecule has 0 unspecified atom stereocenters. The quantitative estimate of drug-likeness (QED) is 0.298. The van der Waals surface area contributed by atoms with E-state index in [4.69, 9.17) is 5.11 Å². The maximum atomic E-state index is 8.02. The van der Waals surface area contributed by atoms with Crippen LogP contribution in [0.5, 0.6) is 0 Å². The predicted molar refractivity (Wildman–Crippen MR) is 28.3 cm³/mol. The Kier molecular flexibility index (Phi) is 2.12. The molecule has 0 aromatic heterocycles. The number of aliphatic hydroxyl groups is 1. The minimum atomic E-state index is -0.100. The summed E-state index contributed by atoms with van der Waals surface area (Å²) in [5.41, 5.74) is 0. The van der Waals surface area contributed by atoms with Gasteiger partial charge in [-0.1, -0.05) is 0 Å². The SMILES string of the molecule is OC(=S)N[SiH3]. The normalized spacial score (nSPS) is 7.20. The van der Waals surface area contributed by atoms with Gasteiger partial charge in [-0.25, -0.2) is 0 Å². The summed E-state index contributed by atoms with van der Waals surface area (Å²) in [6, 6.07) is 0. The van der Waals surface area contributed by atoms with Crippen LogP contribution in [-0.2, 0) is 0 Å². The van der Waals surface area contributed by atoms with Crippen LogP contribution in [0.4, 0.5) is 0 Å². The molecule has 0 aliphatic carbocycles. The Labute approximate surface area is 38.7 Å². The van der Waals surface area contributed by atoms with E-state index in [1.54, 1.807) is 0 Å². The fraction of sp³-hybridized carbons (Fsp3) is 0. The molecule has 0 rings (SSSR count). The first-order valence-corrected chi connectivity index (χ1v) is 2.59. The molecule has 0 bridgehead atoms. The van der Waals surface area contributed by atoms with E-state index in [0.29, 0.717) is 0 Å². The van der Waals surface area contributed by atoms with E-state index in [1.165, 1.54) is 0 Å². The third-order valence-corrected chi connectivity index (χ3v) is 1.25. The molecule has 4 heteroatoms. The average Bonchev–Trinajstić information content (AvgIpc) is 1.38. The second-order valence-electron chi connectivity index (χ2n) is 0.555. The molecule has 0 radical (unpaired) electrons. The first-order valence-electron chi connectivity index (χ1n) is 1.18. The van der Waals surface area contributed by atoms with Crippen LogP contribution in [0.2, 0.25) is 0 Å². The monoisotopic (exact) mass is 107 g/mol. The summed E-state index contributed by atoms with van der Waals surface area (Å²) in [6.45, 7) is 0. The number of hydrogen-bond donors (Lipinski definition) is 2. The zero-order valence-electron chi connectivity index (χ0n) is 2.86. The molecule has 0 heterocycles. The van der Waals surface area contributed by atoms with Crippen molar-refractivity contribution in [2.45, 2.75) is 0 Å². The summed E-state index contributed by atoms with van der Waals surface area (Å²) < 4.78 is 0. The van der Waals surface area contributed by atoms with Crippen molar-refractivity contribution in [1.29, 1.82) is 0 Å². The topological polar surface area (TPSA) is 32.3 Å². The first kappa shape index (κ1) is 4.91. The predicted octanol–water partition coefficient (Wildman–Crippen LogP) is -1.30. The van der Waals surface area contributed by atoms with Gasteiger partial charge in [-0.3, -0.25) is 0 Å². The number of thiocarbonyl (C=S) groups is 1. The fourth-order valence-electron chi connectivity index (χ4n) is 0. The molecular formula is CH5NOSSi. The lowest BCUT2D eigenvalue weighted by Crippen LogP contribution is -2.15. The zero-order valence-corrected chi connectivity index (χ0v) is 5.67. The maximum absolute atomic E-state index is 8.02. The van der Waals surface area contributed by atoms with Crippen LogP contribution >= 0.6 is 12.2 Å². The molecule has 5 heavy (non-hydrogen) atoms. The van der Waals surface area contributed by atoms with Crippen LogP contribution in [0.15, 0.2) is 0 Å². The molecule has 0 fully saturated rings. The van der Waals surface area contributed by atoms with Gasteiger partial charge in [-0.15, -0.1) is 0 Å². The van der Waals surface area contributed by atoms with Gasteiger partial charge in [-0.05, 0) is 12.2 Å². The van der Waals surface area contributed by atoms with Gasteiger partial charge in [-0.2, -0.15) is 0 Å². The molecular weight excluding hydrogens is 102 g/mol. The molecule has 0 spiro atoms. The smallest absolute Gasteiger partial charge is 0.245 e. The second-order valence-corrected chi connectivity index (χ2v) is 1.44. The summed E-state index contributed by atoms with van der Waals surface area (Å²) in [6.07, 6.45) is 0. The van der Waals surface area contributed by atoms with E-state index in [-0.39, 0.29) is 5.17 Å². The molecule has 0 saturated heterocycles. The molecule has 0 aromatic carbocycles. The first-order chi connectivity index (χ1) is 2.27. The van der Waals surface area contributed by atoms with Gasteiger partial charge in [0.05, 0.1) is 0 Å². The van der Waals surface area contributed by atoms with E-state index in [9.17, 15) is 0 Å². The van der Waals surface area contributed by atoms with E-state index in [1.807, 2.05) is 0 Å². The lowest BCUT2D eigenvalue weighted by atomic mass is 11.4. The molecule has 0 aliphatic heterocycles. The van der Waals surface area contributed by atoms with Crippen molar-refractivity contribution in [3.8, 4) is 0 Å². The number of hydrogen-bond acceptors (Lipinski definition) is 1. The molecule has 2 nitrogen and oxygen atoms in total. The van der Waals surface area contributed by atoms with E-state index in [2.05, 4.69) is 17.2 Å². The molecule has 0 amide bonds. The number of rotatable bonds is 0. The third kappa shape index (κ3) is 3.91. The summed E-state index contributed by atoms with van der Waals surface area (Å²) in [5.74, 6) is 0. The lowest BCUT2D eigenvalue weighted by Gasteiger charge is -1.84. The van der Waals surface area contributed by atoms with Crippen LogP contribution in [-0.4, -0.2) is 20.7 Å². The van der Waals surface area contributed by atoms with Gasteiger partial charge in [0.25, 0.3) is 0 Å². The van der Waals surface area contributed by atoms with Gasteiger partial charge in [0, 0.05) is 0 Å². The van der Waals surface area contributed by atoms with E-state index >= 15 is 0 Å². The highest BCUT2D eigenvalue weighted by Crippen LogP contribution is 1.49. The summed E-state index contributed by atoms with van der Waals surface area (Å²) in [7, 11) is 0.732. The van der Waals surface area contributed by atoms with Gasteiger partial charge in [0.1, 0.15) is 10.4 Å². The van der Waals surface area contributed by atoms with E-state index in [0.717, 1.165) is 10.4 Å². The van der Waals surface area contributed by atoms with Crippen molar-refractivity contribution in [1.82, 2.24) is 4.98 Å². The highest BCUT2D eigenvalue weighted by molar-refractivity contribution is 7.80. The Bertz CT molecular complexity index is 46.9. The Morgan fingerprint density at radius 3 is 2.20 bits per heavy atom. The Balaban J connectivity index is 2.85. The van der Waals surface area contributed by atoms with Crippen molar-refractivity contribution in [2.75, 3.05) is 0 Å². The number of nitrogens with one attached hydrogen (secondary N) is 1. The fourth-order valence-corrected chi connectivity index (χ4v) is 0. The average molecular weight is 107 g/mol. The Morgan fingerprint density at radius 1 is 2.00 bits per heavy atom. The molecule has 2 N–H and O–H groups in total. The molecule has 0 atom stereocenters. The van der Waals surface area contributed by atoms with Gasteiger partial charge >= 0.3 is 0 Å². The van der Waals surface area contributed by atoms with Gasteiger partial charge in [0.15, 0.2) is 0 Å². The highest BCUT2D eigenvalue weighted by Gasteiger charge is 1.69. The minimum absolute atomic E-state index is 0.100. The van der Waals surface area contributed by atoms with Crippen LogP contribution in [0.1, 0.15) is 0 Å². The van der Waals surface area contributed by atoms with Crippen LogP contribution < -0.4 is 4.98 Å². The summed E-state index contributed by atoms with van der Waals surface area (Å²) >= 11 is 4.18. The molecule has 0 aliphatic rings. The number of aliphatic hydroxyl groups excluding tert-OH is 1. The largest absolute Gasteiger partial charge is 0.487 e. The van der Waals surface area contributed by atoms with Gasteiger partial charge < -0.3 is 10.1 Å². The maximum Gasteiger partial charge on any atom is 0.245 e. The van der Waals surface area contributed by atoms with E-state index < -0.39 is 0 Å². The lowest BCUT2D eigenvalue weighted by molar-refractivity contribution is 0.553. The Hall–Kier alpha value is -0.0931. The van der Waals surface area contributed by atoms with Crippen LogP contribution in [0.3, 0.4) is 0 Å². The van der Waals surface area contributed by atoms with Crippen molar-refractivity contribution in [3.63, 3.8) is 0 Å². The summed E-state index contributed by atoms with van der Waals surface area (Å²) in [4.78, 5) is 2.45. The van der Waals surface area contributed by atoms with Crippen molar-refractivity contribution in [3.05, 3.63) is 0 Å². The van der Waals surface area contributed by atoms with Crippen LogP contribution in [0, 0.1) is 0 Å². The Morgan fingerprint density at radius 2 is 2.20 bits per heavy atom. The molecule has 30 valence electrons. The van der Waals surface area contributed by atoms with Gasteiger partial charge in [0.2, 0.25) is 5.17 Å². The standard InChI is InChI=1S/CH5NOSSi/c3-1(4)2-5/h5H3,(H2,2,3,4). The summed E-state index contributed by atoms with van der Waals surface area (Å²) in [5, 5.41) is 7.92. The third-order valence-electron chi connectivity index (χ3n) is 0.214. The zero-order chi connectivity index (χ0) is 4.28. The van der Waals surface area contributed by atoms with Crippen molar-refractivity contribution < 1.29 is 5.11 Å². The highest BCUT2D eigenvalue weighted by atomic mass is 32.1. The van der Waals surface area contributed by atoms with Crippen LogP contribution in [0.25, 0.3) is 0 Å².